The monoisotopic (exact) mass is 359 g/mol. The minimum absolute atomic E-state index is 0.106. The first-order valence-corrected chi connectivity index (χ1v) is 9.28. The fraction of sp³-hybridized carbons (Fsp3) is 0.667. The van der Waals surface area contributed by atoms with Gasteiger partial charge < -0.3 is 14.2 Å². The van der Waals surface area contributed by atoms with Gasteiger partial charge in [-0.2, -0.15) is 0 Å². The number of aromatic nitrogens is 4. The molecule has 8 heteroatoms. The Morgan fingerprint density at radius 3 is 2.92 bits per heavy atom. The third-order valence-corrected chi connectivity index (χ3v) is 5.26. The predicted molar refractivity (Wildman–Crippen MR) is 92.3 cm³/mol. The van der Waals surface area contributed by atoms with Crippen LogP contribution < -0.4 is 0 Å². The SMILES string of the molecule is Cc1noc(C)c1CC(=O)N1CCC(n2cc(COCC3CC3)nn2)C1. The van der Waals surface area contributed by atoms with Gasteiger partial charge in [0.25, 0.3) is 0 Å². The molecule has 2 aromatic heterocycles. The molecule has 1 saturated heterocycles. The number of aryl methyl sites for hydroxylation is 2. The molecule has 2 aromatic rings. The van der Waals surface area contributed by atoms with Crippen LogP contribution in [0.25, 0.3) is 0 Å². The van der Waals surface area contributed by atoms with E-state index < -0.39 is 0 Å². The Kier molecular flexibility index (Phi) is 4.76. The zero-order chi connectivity index (χ0) is 18.1. The first kappa shape index (κ1) is 17.2. The van der Waals surface area contributed by atoms with E-state index in [0.717, 1.165) is 48.2 Å². The number of nitrogens with zero attached hydrogens (tertiary/aromatic N) is 5. The van der Waals surface area contributed by atoms with Crippen molar-refractivity contribution in [1.82, 2.24) is 25.1 Å². The topological polar surface area (TPSA) is 86.3 Å². The molecule has 3 heterocycles. The van der Waals surface area contributed by atoms with Crippen molar-refractivity contribution in [3.05, 3.63) is 28.9 Å². The van der Waals surface area contributed by atoms with Crippen LogP contribution in [0.15, 0.2) is 10.7 Å². The highest BCUT2D eigenvalue weighted by molar-refractivity contribution is 5.79. The molecule has 4 rings (SSSR count). The van der Waals surface area contributed by atoms with Crippen LogP contribution >= 0.6 is 0 Å². The Bertz CT molecular complexity index is 760. The lowest BCUT2D eigenvalue weighted by atomic mass is 10.1. The first-order chi connectivity index (χ1) is 12.6. The smallest absolute Gasteiger partial charge is 0.227 e. The van der Waals surface area contributed by atoms with Crippen LogP contribution in [0.3, 0.4) is 0 Å². The van der Waals surface area contributed by atoms with Crippen molar-refractivity contribution in [2.24, 2.45) is 5.92 Å². The summed E-state index contributed by atoms with van der Waals surface area (Å²) in [4.78, 5) is 14.5. The Labute approximate surface area is 152 Å². The molecule has 2 fully saturated rings. The lowest BCUT2D eigenvalue weighted by Gasteiger charge is -2.16. The maximum absolute atomic E-state index is 12.6. The number of hydrogen-bond donors (Lipinski definition) is 0. The van der Waals surface area contributed by atoms with E-state index >= 15 is 0 Å². The van der Waals surface area contributed by atoms with Gasteiger partial charge in [0.15, 0.2) is 0 Å². The van der Waals surface area contributed by atoms with Gasteiger partial charge in [-0.1, -0.05) is 10.4 Å². The molecule has 0 N–H and O–H groups in total. The molecule has 1 atom stereocenters. The number of carbonyl (C=O) groups excluding carboxylic acids is 1. The van der Waals surface area contributed by atoms with E-state index in [2.05, 4.69) is 15.5 Å². The summed E-state index contributed by atoms with van der Waals surface area (Å²) < 4.78 is 12.7. The molecule has 140 valence electrons. The van der Waals surface area contributed by atoms with E-state index in [1.165, 1.54) is 12.8 Å². The van der Waals surface area contributed by atoms with Gasteiger partial charge in [0.2, 0.25) is 5.91 Å². The van der Waals surface area contributed by atoms with Gasteiger partial charge in [-0.25, -0.2) is 4.68 Å². The van der Waals surface area contributed by atoms with Gasteiger partial charge >= 0.3 is 0 Å². The summed E-state index contributed by atoms with van der Waals surface area (Å²) in [6.07, 6.45) is 5.74. The molecule has 2 aliphatic rings. The summed E-state index contributed by atoms with van der Waals surface area (Å²) in [5, 5.41) is 12.3. The highest BCUT2D eigenvalue weighted by Gasteiger charge is 2.29. The fourth-order valence-electron chi connectivity index (χ4n) is 3.37. The Balaban J connectivity index is 1.30. The molecule has 1 unspecified atom stereocenters. The molecular weight excluding hydrogens is 334 g/mol. The second-order valence-electron chi connectivity index (χ2n) is 7.41. The minimum atomic E-state index is 0.106. The van der Waals surface area contributed by atoms with Gasteiger partial charge in [-0.05, 0) is 39.0 Å². The number of rotatable bonds is 7. The predicted octanol–water partition coefficient (Wildman–Crippen LogP) is 1.83. The third kappa shape index (κ3) is 3.80. The molecule has 1 saturated carbocycles. The van der Waals surface area contributed by atoms with Crippen LogP contribution in [0.5, 0.6) is 0 Å². The van der Waals surface area contributed by atoms with Gasteiger partial charge in [-0.15, -0.1) is 5.10 Å². The fourth-order valence-corrected chi connectivity index (χ4v) is 3.37. The summed E-state index contributed by atoms with van der Waals surface area (Å²) in [5.74, 6) is 1.57. The Morgan fingerprint density at radius 2 is 2.19 bits per heavy atom. The summed E-state index contributed by atoms with van der Waals surface area (Å²) in [7, 11) is 0. The lowest BCUT2D eigenvalue weighted by molar-refractivity contribution is -0.129. The average molecular weight is 359 g/mol. The Hall–Kier alpha value is -2.22. The number of amides is 1. The largest absolute Gasteiger partial charge is 0.375 e. The third-order valence-electron chi connectivity index (χ3n) is 5.26. The van der Waals surface area contributed by atoms with Crippen molar-refractivity contribution in [3.8, 4) is 0 Å². The zero-order valence-electron chi connectivity index (χ0n) is 15.3. The number of hydrogen-bond acceptors (Lipinski definition) is 6. The van der Waals surface area contributed by atoms with Crippen molar-refractivity contribution >= 4 is 5.91 Å². The zero-order valence-corrected chi connectivity index (χ0v) is 15.3. The minimum Gasteiger partial charge on any atom is -0.375 e. The maximum Gasteiger partial charge on any atom is 0.227 e. The van der Waals surface area contributed by atoms with E-state index in [0.29, 0.717) is 19.6 Å². The van der Waals surface area contributed by atoms with E-state index in [1.807, 2.05) is 29.6 Å². The molecular formula is C18H25N5O3. The van der Waals surface area contributed by atoms with Gasteiger partial charge in [0.05, 0.1) is 31.0 Å². The molecule has 0 bridgehead atoms. The van der Waals surface area contributed by atoms with Crippen LogP contribution in [-0.4, -0.2) is 50.7 Å². The van der Waals surface area contributed by atoms with E-state index in [4.69, 9.17) is 9.26 Å². The Morgan fingerprint density at radius 1 is 1.35 bits per heavy atom. The van der Waals surface area contributed by atoms with Crippen molar-refractivity contribution in [2.75, 3.05) is 19.7 Å². The van der Waals surface area contributed by atoms with Crippen molar-refractivity contribution in [3.63, 3.8) is 0 Å². The first-order valence-electron chi connectivity index (χ1n) is 9.28. The van der Waals surface area contributed by atoms with Gasteiger partial charge in [-0.3, -0.25) is 4.79 Å². The molecule has 8 nitrogen and oxygen atoms in total. The quantitative estimate of drug-likeness (QED) is 0.750. The highest BCUT2D eigenvalue weighted by atomic mass is 16.5. The van der Waals surface area contributed by atoms with Gasteiger partial charge in [0, 0.05) is 25.3 Å². The molecule has 0 aromatic carbocycles. The molecule has 1 amide bonds. The number of likely N-dealkylation sites (tertiary alicyclic amines) is 1. The van der Waals surface area contributed by atoms with Crippen molar-refractivity contribution in [2.45, 2.75) is 52.2 Å². The van der Waals surface area contributed by atoms with Crippen LogP contribution in [0.4, 0.5) is 0 Å². The lowest BCUT2D eigenvalue weighted by Crippen LogP contribution is -2.30. The summed E-state index contributed by atoms with van der Waals surface area (Å²) in [6, 6.07) is 0.174. The highest BCUT2D eigenvalue weighted by Crippen LogP contribution is 2.29. The van der Waals surface area contributed by atoms with E-state index in [9.17, 15) is 4.79 Å². The molecule has 0 radical (unpaired) electrons. The van der Waals surface area contributed by atoms with E-state index in [1.54, 1.807) is 0 Å². The van der Waals surface area contributed by atoms with Crippen LogP contribution in [0.2, 0.25) is 0 Å². The van der Waals surface area contributed by atoms with Crippen LogP contribution in [-0.2, 0) is 22.6 Å². The number of carbonyl (C=O) groups is 1. The molecule has 1 aliphatic carbocycles. The van der Waals surface area contributed by atoms with Crippen LogP contribution in [0.1, 0.15) is 48.0 Å². The summed E-state index contributed by atoms with van der Waals surface area (Å²) in [6.45, 7) is 6.44. The normalized spacial score (nSPS) is 20.1. The summed E-state index contributed by atoms with van der Waals surface area (Å²) in [5.41, 5.74) is 2.54. The summed E-state index contributed by atoms with van der Waals surface area (Å²) >= 11 is 0. The average Bonchev–Trinajstić information content (AvgIpc) is 3.01. The maximum atomic E-state index is 12.6. The molecule has 26 heavy (non-hydrogen) atoms. The molecule has 0 spiro atoms. The van der Waals surface area contributed by atoms with Crippen molar-refractivity contribution in [1.29, 1.82) is 0 Å². The second-order valence-corrected chi connectivity index (χ2v) is 7.41. The van der Waals surface area contributed by atoms with Crippen molar-refractivity contribution < 1.29 is 14.1 Å². The van der Waals surface area contributed by atoms with E-state index in [-0.39, 0.29) is 11.9 Å². The number of ether oxygens (including phenoxy) is 1. The second kappa shape index (κ2) is 7.19. The molecule has 1 aliphatic heterocycles. The standard InChI is InChI=1S/C18H25N5O3/c1-12-17(13(2)26-20-12)7-18(24)22-6-5-16(9-22)23-8-15(19-21-23)11-25-10-14-3-4-14/h8,14,16H,3-7,9-11H2,1-2H3. The van der Waals surface area contributed by atoms with Crippen LogP contribution in [0, 0.1) is 19.8 Å². The van der Waals surface area contributed by atoms with Gasteiger partial charge in [0.1, 0.15) is 11.5 Å².